The van der Waals surface area contributed by atoms with Crippen molar-refractivity contribution >= 4 is 11.8 Å². The molecule has 84 valence electrons. The minimum absolute atomic E-state index is 0.180. The molecule has 0 atom stereocenters. The predicted octanol–water partition coefficient (Wildman–Crippen LogP) is 1.21. The number of carbonyl (C=O) groups is 2. The summed E-state index contributed by atoms with van der Waals surface area (Å²) in [6.07, 6.45) is 0. The smallest absolute Gasteiger partial charge is 0.263 e. The summed E-state index contributed by atoms with van der Waals surface area (Å²) >= 11 is 0. The van der Waals surface area contributed by atoms with Crippen molar-refractivity contribution in [3.05, 3.63) is 35.4 Å². The van der Waals surface area contributed by atoms with E-state index in [4.69, 9.17) is 4.89 Å². The summed E-state index contributed by atoms with van der Waals surface area (Å²) in [5, 5.41) is 0. The fourth-order valence-corrected chi connectivity index (χ4v) is 1.53. The second-order valence-electron chi connectivity index (χ2n) is 3.24. The van der Waals surface area contributed by atoms with Crippen molar-refractivity contribution in [2.24, 2.45) is 0 Å². The van der Waals surface area contributed by atoms with E-state index < -0.39 is 0 Å². The molecule has 2 rings (SSSR count). The lowest BCUT2D eigenvalue weighted by atomic mass is 10.1. The number of amides is 2. The van der Waals surface area contributed by atoms with Crippen LogP contribution in [-0.2, 0) is 9.78 Å². The van der Waals surface area contributed by atoms with Gasteiger partial charge in [0.25, 0.3) is 11.8 Å². The number of nitrogens with zero attached hydrogens (tertiary/aromatic N) is 1. The molecular weight excluding hydrogens is 210 g/mol. The van der Waals surface area contributed by atoms with Gasteiger partial charge in [0.15, 0.2) is 6.73 Å². The van der Waals surface area contributed by atoms with Gasteiger partial charge in [0, 0.05) is 0 Å². The first-order valence-electron chi connectivity index (χ1n) is 4.95. The largest absolute Gasteiger partial charge is 0.268 e. The number of rotatable bonds is 4. The highest BCUT2D eigenvalue weighted by molar-refractivity contribution is 6.21. The number of benzene rings is 1. The molecule has 0 spiro atoms. The molecule has 1 aromatic carbocycles. The average Bonchev–Trinajstić information content (AvgIpc) is 2.55. The van der Waals surface area contributed by atoms with Gasteiger partial charge in [0.1, 0.15) is 0 Å². The first kappa shape index (κ1) is 10.8. The summed E-state index contributed by atoms with van der Waals surface area (Å²) in [6.45, 7) is 1.94. The molecule has 16 heavy (non-hydrogen) atoms. The summed E-state index contributed by atoms with van der Waals surface area (Å²) in [6, 6.07) is 6.68. The molecule has 5 nitrogen and oxygen atoms in total. The van der Waals surface area contributed by atoms with Crippen molar-refractivity contribution in [3.8, 4) is 0 Å². The van der Waals surface area contributed by atoms with Crippen LogP contribution in [0, 0.1) is 0 Å². The summed E-state index contributed by atoms with van der Waals surface area (Å²) in [5.41, 5.74) is 0.820. The van der Waals surface area contributed by atoms with Crippen molar-refractivity contribution in [1.82, 2.24) is 4.90 Å². The molecule has 1 heterocycles. The van der Waals surface area contributed by atoms with Gasteiger partial charge in [-0.05, 0) is 19.1 Å². The van der Waals surface area contributed by atoms with Crippen LogP contribution >= 0.6 is 0 Å². The van der Waals surface area contributed by atoms with Gasteiger partial charge in [0.05, 0.1) is 17.7 Å². The summed E-state index contributed by atoms with van der Waals surface area (Å²) < 4.78 is 0. The van der Waals surface area contributed by atoms with Gasteiger partial charge in [0.2, 0.25) is 0 Å². The fraction of sp³-hybridized carbons (Fsp3) is 0.273. The van der Waals surface area contributed by atoms with Gasteiger partial charge in [-0.25, -0.2) is 14.7 Å². The van der Waals surface area contributed by atoms with Gasteiger partial charge in [-0.3, -0.25) is 9.59 Å². The van der Waals surface area contributed by atoms with E-state index in [0.29, 0.717) is 17.7 Å². The molecule has 0 radical (unpaired) electrons. The zero-order chi connectivity index (χ0) is 11.5. The fourth-order valence-electron chi connectivity index (χ4n) is 1.53. The number of imide groups is 1. The molecule has 0 N–H and O–H groups in total. The van der Waals surface area contributed by atoms with E-state index in [2.05, 4.69) is 4.89 Å². The Kier molecular flexibility index (Phi) is 2.98. The Morgan fingerprint density at radius 1 is 1.06 bits per heavy atom. The molecule has 1 aromatic rings. The van der Waals surface area contributed by atoms with Crippen LogP contribution in [0.4, 0.5) is 0 Å². The van der Waals surface area contributed by atoms with Crippen molar-refractivity contribution < 1.29 is 19.4 Å². The summed E-state index contributed by atoms with van der Waals surface area (Å²) in [5.74, 6) is -0.694. The Bertz CT molecular complexity index is 395. The van der Waals surface area contributed by atoms with Crippen LogP contribution < -0.4 is 0 Å². The third-order valence-electron chi connectivity index (χ3n) is 2.26. The Labute approximate surface area is 92.5 Å². The Hall–Kier alpha value is -1.72. The second-order valence-corrected chi connectivity index (χ2v) is 3.24. The van der Waals surface area contributed by atoms with Crippen molar-refractivity contribution in [2.75, 3.05) is 13.3 Å². The third-order valence-corrected chi connectivity index (χ3v) is 2.26. The van der Waals surface area contributed by atoms with Crippen LogP contribution in [-0.4, -0.2) is 30.1 Å². The SMILES string of the molecule is CCOOCN1C(=O)c2ccccc2C1=O. The van der Waals surface area contributed by atoms with E-state index in [0.717, 1.165) is 4.90 Å². The van der Waals surface area contributed by atoms with E-state index in [1.807, 2.05) is 0 Å². The topological polar surface area (TPSA) is 55.8 Å². The highest BCUT2D eigenvalue weighted by Gasteiger charge is 2.35. The first-order chi connectivity index (χ1) is 7.75. The molecule has 0 aliphatic carbocycles. The Morgan fingerprint density at radius 2 is 1.62 bits per heavy atom. The van der Waals surface area contributed by atoms with Gasteiger partial charge < -0.3 is 0 Å². The van der Waals surface area contributed by atoms with Gasteiger partial charge in [-0.15, -0.1) is 0 Å². The lowest BCUT2D eigenvalue weighted by Gasteiger charge is -2.12. The number of carbonyl (C=O) groups excluding carboxylic acids is 2. The molecule has 0 aromatic heterocycles. The molecule has 2 amide bonds. The second kappa shape index (κ2) is 4.42. The molecular formula is C11H11NO4. The lowest BCUT2D eigenvalue weighted by Crippen LogP contribution is -2.32. The first-order valence-corrected chi connectivity index (χ1v) is 4.95. The Morgan fingerprint density at radius 3 is 2.12 bits per heavy atom. The van der Waals surface area contributed by atoms with Gasteiger partial charge >= 0.3 is 0 Å². The quantitative estimate of drug-likeness (QED) is 0.332. The zero-order valence-electron chi connectivity index (χ0n) is 8.80. The maximum absolute atomic E-state index is 11.8. The number of hydrogen-bond donors (Lipinski definition) is 0. The monoisotopic (exact) mass is 221 g/mol. The maximum Gasteiger partial charge on any atom is 0.263 e. The van der Waals surface area contributed by atoms with Crippen molar-refractivity contribution in [3.63, 3.8) is 0 Å². The molecule has 0 saturated carbocycles. The van der Waals surface area contributed by atoms with E-state index in [-0.39, 0.29) is 18.5 Å². The van der Waals surface area contributed by atoms with Crippen LogP contribution in [0.15, 0.2) is 24.3 Å². The highest BCUT2D eigenvalue weighted by atomic mass is 17.2. The van der Waals surface area contributed by atoms with E-state index in [9.17, 15) is 9.59 Å². The van der Waals surface area contributed by atoms with Crippen LogP contribution in [0.2, 0.25) is 0 Å². The summed E-state index contributed by atoms with van der Waals surface area (Å²) in [7, 11) is 0. The molecule has 0 bridgehead atoms. The van der Waals surface area contributed by atoms with Crippen molar-refractivity contribution in [1.29, 1.82) is 0 Å². The summed E-state index contributed by atoms with van der Waals surface area (Å²) in [4.78, 5) is 33.9. The zero-order valence-corrected chi connectivity index (χ0v) is 8.80. The normalized spacial score (nSPS) is 14.4. The molecule has 1 aliphatic heterocycles. The van der Waals surface area contributed by atoms with Gasteiger partial charge in [-0.2, -0.15) is 0 Å². The van der Waals surface area contributed by atoms with E-state index in [1.54, 1.807) is 31.2 Å². The number of fused-ring (bicyclic) bond motifs is 1. The van der Waals surface area contributed by atoms with Crippen LogP contribution in [0.1, 0.15) is 27.6 Å². The lowest BCUT2D eigenvalue weighted by molar-refractivity contribution is -0.303. The van der Waals surface area contributed by atoms with E-state index >= 15 is 0 Å². The molecule has 0 unspecified atom stereocenters. The highest BCUT2D eigenvalue weighted by Crippen LogP contribution is 2.21. The minimum atomic E-state index is -0.347. The van der Waals surface area contributed by atoms with E-state index in [1.165, 1.54) is 0 Å². The predicted molar refractivity (Wildman–Crippen MR) is 54.5 cm³/mol. The third kappa shape index (κ3) is 1.70. The Balaban J connectivity index is 2.15. The van der Waals surface area contributed by atoms with Crippen LogP contribution in [0.25, 0.3) is 0 Å². The molecule has 0 fully saturated rings. The van der Waals surface area contributed by atoms with Crippen LogP contribution in [0.5, 0.6) is 0 Å². The number of hydrogen-bond acceptors (Lipinski definition) is 4. The van der Waals surface area contributed by atoms with Crippen molar-refractivity contribution in [2.45, 2.75) is 6.92 Å². The maximum atomic E-state index is 11.8. The van der Waals surface area contributed by atoms with Gasteiger partial charge in [-0.1, -0.05) is 12.1 Å². The minimum Gasteiger partial charge on any atom is -0.268 e. The van der Waals surface area contributed by atoms with Crippen LogP contribution in [0.3, 0.4) is 0 Å². The standard InChI is InChI=1S/C11H11NO4/c1-2-15-16-7-12-10(13)8-5-3-4-6-9(8)11(12)14/h3-6H,2,7H2,1H3. The molecule has 5 heteroatoms. The molecule has 1 aliphatic rings. The average molecular weight is 221 g/mol. The molecule has 0 saturated heterocycles.